The molecule has 0 saturated heterocycles. The van der Waals surface area contributed by atoms with E-state index in [0.29, 0.717) is 17.8 Å². The normalized spacial score (nSPS) is 12.4. The molecule has 1 aromatic carbocycles. The standard InChI is InChI=1S/C12H20N4O2S/c1-3-4-7-15-12(14)16-19(17,18)10-5-6-11(13)9(2)8-10/h5-6,8H,3-4,7,13H2,1-2H3,(H3,14,15,16). The SMILES string of the molecule is CCCCN=C(N)NS(=O)(=O)c1ccc(N)c(C)c1. The van der Waals surface area contributed by atoms with Crippen LogP contribution in [-0.2, 0) is 10.0 Å². The molecule has 0 fully saturated rings. The number of anilines is 1. The monoisotopic (exact) mass is 284 g/mol. The topological polar surface area (TPSA) is 111 Å². The van der Waals surface area contributed by atoms with Crippen molar-refractivity contribution in [3.05, 3.63) is 23.8 Å². The zero-order valence-electron chi connectivity index (χ0n) is 11.2. The van der Waals surface area contributed by atoms with Gasteiger partial charge in [0.05, 0.1) is 4.90 Å². The number of unbranched alkanes of at least 4 members (excludes halogenated alkanes) is 1. The summed E-state index contributed by atoms with van der Waals surface area (Å²) in [6, 6.07) is 4.48. The summed E-state index contributed by atoms with van der Waals surface area (Å²) in [7, 11) is -3.70. The van der Waals surface area contributed by atoms with Crippen molar-refractivity contribution in [3.8, 4) is 0 Å². The van der Waals surface area contributed by atoms with Crippen LogP contribution in [-0.4, -0.2) is 20.9 Å². The van der Waals surface area contributed by atoms with E-state index < -0.39 is 10.0 Å². The van der Waals surface area contributed by atoms with Gasteiger partial charge in [-0.25, -0.2) is 13.1 Å². The van der Waals surface area contributed by atoms with Gasteiger partial charge in [0.25, 0.3) is 10.0 Å². The lowest BCUT2D eigenvalue weighted by atomic mass is 10.2. The number of nitrogens with one attached hydrogen (secondary N) is 1. The quantitative estimate of drug-likeness (QED) is 0.324. The molecule has 0 aromatic heterocycles. The van der Waals surface area contributed by atoms with Crippen molar-refractivity contribution in [2.75, 3.05) is 12.3 Å². The Labute approximate surface area is 114 Å². The molecule has 0 atom stereocenters. The molecule has 0 saturated carbocycles. The van der Waals surface area contributed by atoms with Crippen LogP contribution in [0.1, 0.15) is 25.3 Å². The molecule has 0 amide bonds. The molecule has 0 aliphatic heterocycles. The minimum absolute atomic E-state index is 0.0945. The molecule has 1 aromatic rings. The number of hydrogen-bond acceptors (Lipinski definition) is 4. The Morgan fingerprint density at radius 3 is 2.68 bits per heavy atom. The van der Waals surface area contributed by atoms with Crippen molar-refractivity contribution >= 4 is 21.7 Å². The van der Waals surface area contributed by atoms with Gasteiger partial charge in [0, 0.05) is 12.2 Å². The van der Waals surface area contributed by atoms with Crippen molar-refractivity contribution in [1.82, 2.24) is 4.72 Å². The smallest absolute Gasteiger partial charge is 0.264 e. The molecule has 0 heterocycles. The number of nitrogens with zero attached hydrogens (tertiary/aromatic N) is 1. The highest BCUT2D eigenvalue weighted by atomic mass is 32.2. The van der Waals surface area contributed by atoms with Crippen molar-refractivity contribution < 1.29 is 8.42 Å². The maximum Gasteiger partial charge on any atom is 0.264 e. The summed E-state index contributed by atoms with van der Waals surface area (Å²) in [4.78, 5) is 4.06. The summed E-state index contributed by atoms with van der Waals surface area (Å²) >= 11 is 0. The highest BCUT2D eigenvalue weighted by molar-refractivity contribution is 7.90. The fraction of sp³-hybridized carbons (Fsp3) is 0.417. The Morgan fingerprint density at radius 1 is 1.42 bits per heavy atom. The van der Waals surface area contributed by atoms with Gasteiger partial charge >= 0.3 is 0 Å². The maximum absolute atomic E-state index is 12.0. The summed E-state index contributed by atoms with van der Waals surface area (Å²) in [5.74, 6) is -0.0945. The predicted molar refractivity (Wildman–Crippen MR) is 77.3 cm³/mol. The van der Waals surface area contributed by atoms with Crippen LogP contribution in [0.25, 0.3) is 0 Å². The van der Waals surface area contributed by atoms with E-state index in [4.69, 9.17) is 11.5 Å². The fourth-order valence-corrected chi connectivity index (χ4v) is 2.44. The molecule has 5 N–H and O–H groups in total. The summed E-state index contributed by atoms with van der Waals surface area (Å²) in [6.45, 7) is 4.27. The van der Waals surface area contributed by atoms with Gasteiger partial charge in [-0.05, 0) is 37.1 Å². The Morgan fingerprint density at radius 2 is 2.11 bits per heavy atom. The molecule has 6 nitrogen and oxygen atoms in total. The number of aliphatic imine (C=N–C) groups is 1. The third-order valence-electron chi connectivity index (χ3n) is 2.58. The number of aryl methyl sites for hydroxylation is 1. The first-order valence-electron chi connectivity index (χ1n) is 6.05. The van der Waals surface area contributed by atoms with Gasteiger partial charge in [0.15, 0.2) is 0 Å². The molecular weight excluding hydrogens is 264 g/mol. The number of nitrogen functional groups attached to an aromatic ring is 1. The Balaban J connectivity index is 2.86. The first kappa shape index (κ1) is 15.3. The van der Waals surface area contributed by atoms with Crippen LogP contribution in [0.2, 0.25) is 0 Å². The lowest BCUT2D eigenvalue weighted by molar-refractivity contribution is 0.592. The highest BCUT2D eigenvalue weighted by Gasteiger charge is 2.15. The predicted octanol–water partition coefficient (Wildman–Crippen LogP) is 0.970. The second kappa shape index (κ2) is 6.42. The molecule has 0 bridgehead atoms. The molecule has 0 aliphatic rings. The zero-order chi connectivity index (χ0) is 14.5. The van der Waals surface area contributed by atoms with Crippen molar-refractivity contribution in [3.63, 3.8) is 0 Å². The van der Waals surface area contributed by atoms with Crippen LogP contribution in [0.4, 0.5) is 5.69 Å². The summed E-state index contributed by atoms with van der Waals surface area (Å²) in [5.41, 5.74) is 12.4. The van der Waals surface area contributed by atoms with Crippen LogP contribution >= 0.6 is 0 Å². The summed E-state index contributed by atoms with van der Waals surface area (Å²) in [5, 5.41) is 0. The van der Waals surface area contributed by atoms with E-state index in [9.17, 15) is 8.42 Å². The Kier molecular flexibility index (Phi) is 5.17. The number of rotatable bonds is 5. The van der Waals surface area contributed by atoms with Gasteiger partial charge < -0.3 is 11.5 Å². The Bertz CT molecular complexity index is 567. The maximum atomic E-state index is 12.0. The first-order valence-corrected chi connectivity index (χ1v) is 7.54. The number of sulfonamides is 1. The van der Waals surface area contributed by atoms with E-state index in [2.05, 4.69) is 9.71 Å². The van der Waals surface area contributed by atoms with E-state index in [1.54, 1.807) is 13.0 Å². The van der Waals surface area contributed by atoms with Crippen LogP contribution in [0.15, 0.2) is 28.1 Å². The van der Waals surface area contributed by atoms with E-state index in [-0.39, 0.29) is 10.9 Å². The van der Waals surface area contributed by atoms with Gasteiger partial charge in [-0.3, -0.25) is 4.99 Å². The molecule has 106 valence electrons. The number of nitrogens with two attached hydrogens (primary N) is 2. The molecule has 7 heteroatoms. The van der Waals surface area contributed by atoms with Crippen LogP contribution in [0, 0.1) is 6.92 Å². The molecule has 0 unspecified atom stereocenters. The minimum atomic E-state index is -3.70. The third-order valence-corrected chi connectivity index (χ3v) is 3.94. The second-order valence-corrected chi connectivity index (χ2v) is 5.93. The number of benzene rings is 1. The molecule has 0 spiro atoms. The van der Waals surface area contributed by atoms with Crippen molar-refractivity contribution in [2.24, 2.45) is 10.7 Å². The Hall–Kier alpha value is -1.76. The second-order valence-electron chi connectivity index (χ2n) is 4.24. The fourth-order valence-electron chi connectivity index (χ4n) is 1.40. The van der Waals surface area contributed by atoms with Crippen molar-refractivity contribution in [2.45, 2.75) is 31.6 Å². The van der Waals surface area contributed by atoms with E-state index in [1.807, 2.05) is 6.92 Å². The molecule has 0 radical (unpaired) electrons. The van der Waals surface area contributed by atoms with Gasteiger partial charge in [0.2, 0.25) is 5.96 Å². The van der Waals surface area contributed by atoms with Crippen LogP contribution < -0.4 is 16.2 Å². The molecular formula is C12H20N4O2S. The summed E-state index contributed by atoms with van der Waals surface area (Å²) in [6.07, 6.45) is 1.84. The molecule has 0 aliphatic carbocycles. The molecule has 19 heavy (non-hydrogen) atoms. The van der Waals surface area contributed by atoms with Crippen LogP contribution in [0.5, 0.6) is 0 Å². The highest BCUT2D eigenvalue weighted by Crippen LogP contribution is 2.16. The summed E-state index contributed by atoms with van der Waals surface area (Å²) < 4.78 is 26.3. The first-order chi connectivity index (χ1) is 8.86. The van der Waals surface area contributed by atoms with E-state index in [0.717, 1.165) is 12.8 Å². The van der Waals surface area contributed by atoms with Crippen LogP contribution in [0.3, 0.4) is 0 Å². The largest absolute Gasteiger partial charge is 0.399 e. The number of hydrogen-bond donors (Lipinski definition) is 3. The van der Waals surface area contributed by atoms with Gasteiger partial charge in [-0.1, -0.05) is 13.3 Å². The van der Waals surface area contributed by atoms with Gasteiger partial charge in [-0.2, -0.15) is 0 Å². The average molecular weight is 284 g/mol. The van der Waals surface area contributed by atoms with Crippen molar-refractivity contribution in [1.29, 1.82) is 0 Å². The average Bonchev–Trinajstić information content (AvgIpc) is 2.32. The van der Waals surface area contributed by atoms with E-state index in [1.165, 1.54) is 12.1 Å². The number of guanidine groups is 1. The lowest BCUT2D eigenvalue weighted by Crippen LogP contribution is -2.37. The van der Waals surface area contributed by atoms with Gasteiger partial charge in [0.1, 0.15) is 0 Å². The van der Waals surface area contributed by atoms with Gasteiger partial charge in [-0.15, -0.1) is 0 Å². The minimum Gasteiger partial charge on any atom is -0.399 e. The zero-order valence-corrected chi connectivity index (χ0v) is 12.0. The van der Waals surface area contributed by atoms with E-state index >= 15 is 0 Å². The molecule has 1 rings (SSSR count). The lowest BCUT2D eigenvalue weighted by Gasteiger charge is -2.09. The third kappa shape index (κ3) is 4.44.